The number of hydrogen-bond acceptors (Lipinski definition) is 2. The van der Waals surface area contributed by atoms with Crippen molar-refractivity contribution in [2.45, 2.75) is 32.7 Å². The molecule has 90 valence electrons. The number of benzene rings is 1. The first-order valence-corrected chi connectivity index (χ1v) is 5.67. The van der Waals surface area contributed by atoms with Crippen molar-refractivity contribution >= 4 is 18.1 Å². The minimum atomic E-state index is 0. The molecule has 0 radical (unpaired) electrons. The number of hydrogen-bond donors (Lipinski definition) is 1. The SMILES string of the molecule is Cc1ccc(NC2CCOCC2)cc1C.Cl. The number of halogens is 1. The number of rotatable bonds is 2. The quantitative estimate of drug-likeness (QED) is 0.858. The molecule has 0 aromatic heterocycles. The van der Waals surface area contributed by atoms with Crippen LogP contribution in [0.1, 0.15) is 24.0 Å². The van der Waals surface area contributed by atoms with Gasteiger partial charge in [0.05, 0.1) is 0 Å². The topological polar surface area (TPSA) is 21.3 Å². The fourth-order valence-electron chi connectivity index (χ4n) is 1.91. The van der Waals surface area contributed by atoms with E-state index in [1.165, 1.54) is 16.8 Å². The van der Waals surface area contributed by atoms with Gasteiger partial charge in [-0.1, -0.05) is 6.07 Å². The summed E-state index contributed by atoms with van der Waals surface area (Å²) in [5.74, 6) is 0. The van der Waals surface area contributed by atoms with Crippen molar-refractivity contribution in [3.8, 4) is 0 Å². The van der Waals surface area contributed by atoms with Crippen LogP contribution in [-0.2, 0) is 4.74 Å². The molecule has 16 heavy (non-hydrogen) atoms. The van der Waals surface area contributed by atoms with E-state index in [0.717, 1.165) is 26.1 Å². The van der Waals surface area contributed by atoms with Crippen molar-refractivity contribution in [1.29, 1.82) is 0 Å². The Morgan fingerprint density at radius 3 is 2.44 bits per heavy atom. The van der Waals surface area contributed by atoms with Crippen LogP contribution in [0.15, 0.2) is 18.2 Å². The van der Waals surface area contributed by atoms with Crippen LogP contribution in [-0.4, -0.2) is 19.3 Å². The Morgan fingerprint density at radius 1 is 1.12 bits per heavy atom. The first-order chi connectivity index (χ1) is 7.25. The smallest absolute Gasteiger partial charge is 0.0485 e. The highest BCUT2D eigenvalue weighted by Gasteiger charge is 2.13. The average molecular weight is 242 g/mol. The van der Waals surface area contributed by atoms with Crippen LogP contribution < -0.4 is 5.32 Å². The van der Waals surface area contributed by atoms with E-state index in [0.29, 0.717) is 6.04 Å². The highest BCUT2D eigenvalue weighted by atomic mass is 35.5. The van der Waals surface area contributed by atoms with Gasteiger partial charge in [-0.25, -0.2) is 0 Å². The largest absolute Gasteiger partial charge is 0.382 e. The summed E-state index contributed by atoms with van der Waals surface area (Å²) in [7, 11) is 0. The summed E-state index contributed by atoms with van der Waals surface area (Å²) in [5, 5.41) is 3.57. The van der Waals surface area contributed by atoms with Crippen molar-refractivity contribution in [1.82, 2.24) is 0 Å². The number of aryl methyl sites for hydroxylation is 2. The highest BCUT2D eigenvalue weighted by Crippen LogP contribution is 2.18. The zero-order valence-electron chi connectivity index (χ0n) is 9.95. The molecule has 0 amide bonds. The second-order valence-corrected chi connectivity index (χ2v) is 4.33. The van der Waals surface area contributed by atoms with E-state index in [4.69, 9.17) is 4.74 Å². The van der Waals surface area contributed by atoms with Crippen molar-refractivity contribution < 1.29 is 4.74 Å². The predicted molar refractivity (Wildman–Crippen MR) is 70.6 cm³/mol. The average Bonchev–Trinajstić information content (AvgIpc) is 2.25. The molecule has 1 aromatic rings. The molecule has 1 saturated heterocycles. The molecule has 1 N–H and O–H groups in total. The molecule has 3 heteroatoms. The van der Waals surface area contributed by atoms with E-state index in [1.54, 1.807) is 0 Å². The van der Waals surface area contributed by atoms with Gasteiger partial charge < -0.3 is 10.1 Å². The predicted octanol–water partition coefficient (Wildman–Crippen LogP) is 3.32. The van der Waals surface area contributed by atoms with Crippen molar-refractivity contribution in [3.63, 3.8) is 0 Å². The van der Waals surface area contributed by atoms with Gasteiger partial charge in [0.1, 0.15) is 0 Å². The maximum Gasteiger partial charge on any atom is 0.0485 e. The normalized spacial score (nSPS) is 16.6. The van der Waals surface area contributed by atoms with E-state index in [-0.39, 0.29) is 12.4 Å². The zero-order chi connectivity index (χ0) is 10.7. The molecule has 0 saturated carbocycles. The van der Waals surface area contributed by atoms with E-state index in [2.05, 4.69) is 37.4 Å². The molecule has 0 unspecified atom stereocenters. The molecule has 0 spiro atoms. The fraction of sp³-hybridized carbons (Fsp3) is 0.538. The lowest BCUT2D eigenvalue weighted by atomic mass is 10.1. The van der Waals surface area contributed by atoms with Crippen LogP contribution in [0.4, 0.5) is 5.69 Å². The van der Waals surface area contributed by atoms with Gasteiger partial charge in [0.2, 0.25) is 0 Å². The molecule has 2 nitrogen and oxygen atoms in total. The lowest BCUT2D eigenvalue weighted by Gasteiger charge is -2.24. The van der Waals surface area contributed by atoms with E-state index in [1.807, 2.05) is 0 Å². The molecule has 1 fully saturated rings. The minimum Gasteiger partial charge on any atom is -0.382 e. The molecule has 0 aliphatic carbocycles. The Balaban J connectivity index is 0.00000128. The van der Waals surface area contributed by atoms with Gasteiger partial charge in [-0.05, 0) is 49.9 Å². The van der Waals surface area contributed by atoms with Crippen LogP contribution in [0.3, 0.4) is 0 Å². The van der Waals surface area contributed by atoms with E-state index >= 15 is 0 Å². The van der Waals surface area contributed by atoms with Gasteiger partial charge >= 0.3 is 0 Å². The molecule has 0 bridgehead atoms. The third kappa shape index (κ3) is 3.39. The van der Waals surface area contributed by atoms with Crippen molar-refractivity contribution in [2.75, 3.05) is 18.5 Å². The molecule has 2 rings (SSSR count). The third-order valence-electron chi connectivity index (χ3n) is 3.10. The molecule has 1 aliphatic rings. The first kappa shape index (κ1) is 13.3. The zero-order valence-corrected chi connectivity index (χ0v) is 10.8. The fourth-order valence-corrected chi connectivity index (χ4v) is 1.91. The number of nitrogens with one attached hydrogen (secondary N) is 1. The minimum absolute atomic E-state index is 0. The Bertz CT molecular complexity index is 335. The standard InChI is InChI=1S/C13H19NO.ClH/c1-10-3-4-13(9-11(10)2)14-12-5-7-15-8-6-12;/h3-4,9,12,14H,5-8H2,1-2H3;1H. The molecule has 1 heterocycles. The Labute approximate surface area is 104 Å². The molecular formula is C13H20ClNO. The molecular weight excluding hydrogens is 222 g/mol. The van der Waals surface area contributed by atoms with Crippen molar-refractivity contribution in [2.24, 2.45) is 0 Å². The Morgan fingerprint density at radius 2 is 1.81 bits per heavy atom. The summed E-state index contributed by atoms with van der Waals surface area (Å²) in [6, 6.07) is 7.15. The Hall–Kier alpha value is -0.730. The highest BCUT2D eigenvalue weighted by molar-refractivity contribution is 5.85. The lowest BCUT2D eigenvalue weighted by molar-refractivity contribution is 0.0904. The molecule has 1 aliphatic heterocycles. The van der Waals surface area contributed by atoms with Crippen LogP contribution in [0.2, 0.25) is 0 Å². The number of ether oxygens (including phenoxy) is 1. The summed E-state index contributed by atoms with van der Waals surface area (Å²) < 4.78 is 5.34. The van der Waals surface area contributed by atoms with Gasteiger partial charge in [-0.15, -0.1) is 12.4 Å². The maximum absolute atomic E-state index is 5.34. The van der Waals surface area contributed by atoms with Crippen LogP contribution >= 0.6 is 12.4 Å². The van der Waals surface area contributed by atoms with E-state index < -0.39 is 0 Å². The molecule has 0 atom stereocenters. The van der Waals surface area contributed by atoms with Gasteiger partial charge in [-0.3, -0.25) is 0 Å². The summed E-state index contributed by atoms with van der Waals surface area (Å²) in [6.07, 6.45) is 2.24. The van der Waals surface area contributed by atoms with Crippen LogP contribution in [0.25, 0.3) is 0 Å². The lowest BCUT2D eigenvalue weighted by Crippen LogP contribution is -2.27. The second-order valence-electron chi connectivity index (χ2n) is 4.33. The van der Waals surface area contributed by atoms with Gasteiger partial charge in [-0.2, -0.15) is 0 Å². The van der Waals surface area contributed by atoms with Crippen LogP contribution in [0, 0.1) is 13.8 Å². The summed E-state index contributed by atoms with van der Waals surface area (Å²) in [5.41, 5.74) is 3.95. The molecule has 1 aromatic carbocycles. The second kappa shape index (κ2) is 6.12. The van der Waals surface area contributed by atoms with Crippen LogP contribution in [0.5, 0.6) is 0 Å². The van der Waals surface area contributed by atoms with E-state index in [9.17, 15) is 0 Å². The third-order valence-corrected chi connectivity index (χ3v) is 3.10. The first-order valence-electron chi connectivity index (χ1n) is 5.67. The van der Waals surface area contributed by atoms with Gasteiger partial charge in [0, 0.05) is 24.9 Å². The van der Waals surface area contributed by atoms with Gasteiger partial charge in [0.15, 0.2) is 0 Å². The summed E-state index contributed by atoms with van der Waals surface area (Å²) in [4.78, 5) is 0. The van der Waals surface area contributed by atoms with Gasteiger partial charge in [0.25, 0.3) is 0 Å². The Kier molecular flexibility index (Phi) is 5.10. The van der Waals surface area contributed by atoms with Crippen molar-refractivity contribution in [3.05, 3.63) is 29.3 Å². The summed E-state index contributed by atoms with van der Waals surface area (Å²) >= 11 is 0. The number of anilines is 1. The maximum atomic E-state index is 5.34. The summed E-state index contributed by atoms with van der Waals surface area (Å²) in [6.45, 7) is 6.09. The monoisotopic (exact) mass is 241 g/mol.